The van der Waals surface area contributed by atoms with E-state index in [9.17, 15) is 51.9 Å². The average molecular weight is 955 g/mol. The van der Waals surface area contributed by atoms with Gasteiger partial charge in [-0.05, 0) is 98.5 Å². The van der Waals surface area contributed by atoms with Crippen LogP contribution in [0.25, 0.3) is 24.3 Å². The van der Waals surface area contributed by atoms with E-state index in [-0.39, 0.29) is 56.9 Å². The highest BCUT2D eigenvalue weighted by atomic mass is 32.2. The smallest absolute Gasteiger partial charge is 0.295 e. The maximum absolute atomic E-state index is 12.2. The van der Waals surface area contributed by atoms with E-state index < -0.39 is 60.1 Å². The number of nitrogens with two attached hydrogens (primary N) is 2. The molecule has 0 aliphatic heterocycles. The molecule has 0 bridgehead atoms. The molecule has 0 amide bonds. The van der Waals surface area contributed by atoms with E-state index in [4.69, 9.17) is 11.5 Å². The van der Waals surface area contributed by atoms with Crippen LogP contribution in [0, 0.1) is 27.7 Å². The Balaban J connectivity index is 0.000000274. The SMILES string of the molecule is Cc1nc(C)nc(Nc2ccc(C=Cc3ccc(Nc4nc(C)nc(C)n4)cc3S(=O)(=O)O)c(S(=O)(=O)O)c2)n1.Nc1ccc(C=Cc2ccc(N)cc2S(=O)(=O)O)c(S(=O)(=O)O)c1. The van der Waals surface area contributed by atoms with E-state index in [0.717, 1.165) is 12.1 Å². The first-order valence-electron chi connectivity index (χ1n) is 17.9. The zero-order valence-electron chi connectivity index (χ0n) is 33.8. The van der Waals surface area contributed by atoms with Crippen molar-refractivity contribution in [3.05, 3.63) is 118 Å². The molecule has 0 unspecified atom stereocenters. The predicted octanol–water partition coefficient (Wildman–Crippen LogP) is 4.96. The third kappa shape index (κ3) is 13.1. The second-order valence-corrected chi connectivity index (χ2v) is 19.0. The van der Waals surface area contributed by atoms with Crippen LogP contribution in [-0.4, -0.2) is 81.8 Å². The molecule has 2 heterocycles. The molecule has 10 N–H and O–H groups in total. The van der Waals surface area contributed by atoms with Gasteiger partial charge in [-0.1, -0.05) is 48.6 Å². The molecule has 6 rings (SSSR count). The normalized spacial score (nSPS) is 12.2. The maximum atomic E-state index is 12.2. The number of benzene rings is 4. The molecule has 0 radical (unpaired) electrons. The third-order valence-corrected chi connectivity index (χ3v) is 12.0. The fourth-order valence-electron chi connectivity index (χ4n) is 5.73. The molecule has 0 atom stereocenters. The van der Waals surface area contributed by atoms with Gasteiger partial charge in [-0.15, -0.1) is 0 Å². The number of rotatable bonds is 12. The molecule has 26 heteroatoms. The minimum Gasteiger partial charge on any atom is -0.399 e. The van der Waals surface area contributed by atoms with Gasteiger partial charge < -0.3 is 22.1 Å². The van der Waals surface area contributed by atoms with Crippen molar-refractivity contribution in [1.82, 2.24) is 29.9 Å². The molecule has 6 aromatic rings. The molecule has 2 aromatic heterocycles. The van der Waals surface area contributed by atoms with Gasteiger partial charge in [0.2, 0.25) is 11.9 Å². The van der Waals surface area contributed by atoms with Crippen LogP contribution in [-0.2, 0) is 40.5 Å². The first-order valence-corrected chi connectivity index (χ1v) is 23.7. The summed E-state index contributed by atoms with van der Waals surface area (Å²) in [6.45, 7) is 6.70. The lowest BCUT2D eigenvalue weighted by molar-refractivity contribution is 0.480. The van der Waals surface area contributed by atoms with Gasteiger partial charge in [-0.25, -0.2) is 9.97 Å². The lowest BCUT2D eigenvalue weighted by Crippen LogP contribution is -2.06. The summed E-state index contributed by atoms with van der Waals surface area (Å²) in [5, 5.41) is 5.73. The molecule has 0 saturated heterocycles. The maximum Gasteiger partial charge on any atom is 0.295 e. The molecule has 0 aliphatic carbocycles. The van der Waals surface area contributed by atoms with E-state index in [1.165, 1.54) is 85.0 Å². The van der Waals surface area contributed by atoms with Gasteiger partial charge in [0.05, 0.1) is 0 Å². The minimum absolute atomic E-state index is 0.0516. The van der Waals surface area contributed by atoms with Crippen LogP contribution in [0.2, 0.25) is 0 Å². The topological polar surface area (TPSA) is 371 Å². The second kappa shape index (κ2) is 18.9. The number of nitrogens with zero attached hydrogens (tertiary/aromatic N) is 6. The Morgan fingerprint density at radius 2 is 0.656 bits per heavy atom. The number of hydrogen-bond donors (Lipinski definition) is 8. The average Bonchev–Trinajstić information content (AvgIpc) is 3.15. The Morgan fingerprint density at radius 1 is 0.406 bits per heavy atom. The van der Waals surface area contributed by atoms with Gasteiger partial charge in [0.15, 0.2) is 0 Å². The number of aromatic nitrogens is 6. The molecule has 64 heavy (non-hydrogen) atoms. The standard InChI is InChI=1S/C24H24N8O6S2.C14H14N2O6S2/c1-13-25-14(2)28-23(27-13)31-19-9-7-17(21(11-19)39(33,34)35)5-6-18-8-10-20(12-22(18)40(36,37)38)32-24-29-15(3)26-16(4)30-24;15-11-5-3-9(13(7-11)23(17,18)19)1-2-10-4-6-12(16)8-14(10)24(20,21)22/h5-12H,1-4H3,(H,33,34,35)(H,36,37,38)(H,25,27,28,31)(H,26,29,30,32);1-8H,15-16H2,(H,17,18,19)(H,20,21,22). The van der Waals surface area contributed by atoms with Crippen LogP contribution in [0.15, 0.2) is 92.4 Å². The van der Waals surface area contributed by atoms with Gasteiger partial charge in [-0.3, -0.25) is 18.2 Å². The largest absolute Gasteiger partial charge is 0.399 e. The van der Waals surface area contributed by atoms with Crippen molar-refractivity contribution in [2.24, 2.45) is 0 Å². The van der Waals surface area contributed by atoms with Crippen LogP contribution in [0.5, 0.6) is 0 Å². The summed E-state index contributed by atoms with van der Waals surface area (Å²) in [5.41, 5.74) is 12.1. The fraction of sp³-hybridized carbons (Fsp3) is 0.105. The van der Waals surface area contributed by atoms with Crippen LogP contribution in [0.4, 0.5) is 34.6 Å². The van der Waals surface area contributed by atoms with Crippen molar-refractivity contribution in [3.8, 4) is 0 Å². The summed E-state index contributed by atoms with van der Waals surface area (Å²) in [6.07, 6.45) is 5.12. The summed E-state index contributed by atoms with van der Waals surface area (Å²) in [5.74, 6) is 2.20. The van der Waals surface area contributed by atoms with Crippen molar-refractivity contribution in [1.29, 1.82) is 0 Å². The molecule has 0 fully saturated rings. The molecule has 22 nitrogen and oxygen atoms in total. The van der Waals surface area contributed by atoms with Crippen LogP contribution in [0.1, 0.15) is 45.6 Å². The van der Waals surface area contributed by atoms with E-state index in [1.54, 1.807) is 27.7 Å². The van der Waals surface area contributed by atoms with Crippen molar-refractivity contribution >= 4 is 99.4 Å². The molecule has 0 spiro atoms. The van der Waals surface area contributed by atoms with Crippen LogP contribution >= 0.6 is 0 Å². The third-order valence-electron chi connectivity index (χ3n) is 8.33. The first-order chi connectivity index (χ1) is 29.6. The Hall–Kier alpha value is -6.78. The molecule has 336 valence electrons. The van der Waals surface area contributed by atoms with Gasteiger partial charge >= 0.3 is 0 Å². The van der Waals surface area contributed by atoms with Crippen molar-refractivity contribution in [3.63, 3.8) is 0 Å². The lowest BCUT2D eigenvalue weighted by atomic mass is 10.1. The molecule has 0 aliphatic rings. The van der Waals surface area contributed by atoms with Gasteiger partial charge in [0.1, 0.15) is 42.9 Å². The Kier molecular flexibility index (Phi) is 14.3. The quantitative estimate of drug-likeness (QED) is 0.0456. The molecule has 0 saturated carbocycles. The minimum atomic E-state index is -4.70. The molecular formula is C38H38N10O12S4. The number of anilines is 6. The highest BCUT2D eigenvalue weighted by Crippen LogP contribution is 2.29. The van der Waals surface area contributed by atoms with Crippen molar-refractivity contribution in [2.75, 3.05) is 22.1 Å². The van der Waals surface area contributed by atoms with Crippen LogP contribution < -0.4 is 22.1 Å². The number of hydrogen-bond acceptors (Lipinski definition) is 18. The summed E-state index contributed by atoms with van der Waals surface area (Å²) in [7, 11) is -18.4. The highest BCUT2D eigenvalue weighted by molar-refractivity contribution is 7.86. The number of nitrogen functional groups attached to an aromatic ring is 2. The van der Waals surface area contributed by atoms with Crippen molar-refractivity contribution in [2.45, 2.75) is 47.3 Å². The summed E-state index contributed by atoms with van der Waals surface area (Å²) in [6, 6.07) is 15.9. The highest BCUT2D eigenvalue weighted by Gasteiger charge is 2.20. The van der Waals surface area contributed by atoms with E-state index >= 15 is 0 Å². The Bertz CT molecular complexity index is 3060. The zero-order valence-corrected chi connectivity index (χ0v) is 37.0. The molecule has 4 aromatic carbocycles. The van der Waals surface area contributed by atoms with Crippen LogP contribution in [0.3, 0.4) is 0 Å². The Labute approximate surface area is 367 Å². The number of nitrogens with one attached hydrogen (secondary N) is 2. The van der Waals surface area contributed by atoms with E-state index in [1.807, 2.05) is 0 Å². The van der Waals surface area contributed by atoms with Gasteiger partial charge in [0, 0.05) is 22.7 Å². The second-order valence-electron chi connectivity index (χ2n) is 13.4. The van der Waals surface area contributed by atoms with E-state index in [0.29, 0.717) is 23.3 Å². The fourth-order valence-corrected chi connectivity index (χ4v) is 8.59. The summed E-state index contributed by atoms with van der Waals surface area (Å²) >= 11 is 0. The van der Waals surface area contributed by atoms with Gasteiger partial charge in [-0.2, -0.15) is 53.6 Å². The first kappa shape index (κ1) is 48.3. The molecular weight excluding hydrogens is 917 g/mol. The lowest BCUT2D eigenvalue weighted by Gasteiger charge is -2.11. The summed E-state index contributed by atoms with van der Waals surface area (Å²) < 4.78 is 132. The predicted molar refractivity (Wildman–Crippen MR) is 237 cm³/mol. The van der Waals surface area contributed by atoms with Gasteiger partial charge in [0.25, 0.3) is 40.5 Å². The van der Waals surface area contributed by atoms with E-state index in [2.05, 4.69) is 40.5 Å². The Morgan fingerprint density at radius 3 is 0.922 bits per heavy atom. The number of aryl methyl sites for hydroxylation is 4. The summed E-state index contributed by atoms with van der Waals surface area (Å²) in [4.78, 5) is 22.9. The zero-order chi connectivity index (χ0) is 47.4. The van der Waals surface area contributed by atoms with Crippen molar-refractivity contribution < 1.29 is 51.9 Å². The monoisotopic (exact) mass is 954 g/mol.